The molecular weight excluding hydrogens is 715 g/mol. The summed E-state index contributed by atoms with van der Waals surface area (Å²) < 4.78 is 0. The Balaban J connectivity index is 1.05. The quantitative estimate of drug-likeness (QED) is 0.159. The smallest absolute Gasteiger partial charge is 0.164 e. The van der Waals surface area contributed by atoms with Gasteiger partial charge in [-0.05, 0) is 82.7 Å². The maximum atomic E-state index is 5.15. The van der Waals surface area contributed by atoms with Crippen LogP contribution in [0.2, 0.25) is 0 Å². The second kappa shape index (κ2) is 14.6. The van der Waals surface area contributed by atoms with Crippen molar-refractivity contribution in [3.63, 3.8) is 0 Å². The first-order chi connectivity index (χ1) is 29.2. The Morgan fingerprint density at radius 1 is 0.288 bits per heavy atom. The average Bonchev–Trinajstić information content (AvgIpc) is 3.52. The maximum absolute atomic E-state index is 5.15. The largest absolute Gasteiger partial charge is 0.208 e. The van der Waals surface area contributed by atoms with Gasteiger partial charge in [0.1, 0.15) is 0 Å². The lowest BCUT2D eigenvalue weighted by Crippen LogP contribution is -2.23. The van der Waals surface area contributed by atoms with Crippen LogP contribution in [0.15, 0.2) is 206 Å². The SMILES string of the molecule is C1=C(c2ccc3c4ccccc4c4ccccc4c3c2)C(c2cccc(-c3nc(-c4ccccc4)nc(-c4ccc(-c5ccccc5)cc4)n3)c2)C=c2ccccc2=C1. The lowest BCUT2D eigenvalue weighted by molar-refractivity contribution is 1.07. The van der Waals surface area contributed by atoms with Crippen LogP contribution in [0.3, 0.4) is 0 Å². The lowest BCUT2D eigenvalue weighted by atomic mass is 9.84. The van der Waals surface area contributed by atoms with Gasteiger partial charge in [-0.2, -0.15) is 0 Å². The predicted octanol–water partition coefficient (Wildman–Crippen LogP) is 12.4. The summed E-state index contributed by atoms with van der Waals surface area (Å²) in [5.41, 5.74) is 8.74. The molecule has 9 aromatic carbocycles. The molecule has 1 aliphatic carbocycles. The molecule has 276 valence electrons. The minimum atomic E-state index is -0.0422. The van der Waals surface area contributed by atoms with Crippen LogP contribution in [0.25, 0.3) is 95.3 Å². The monoisotopic (exact) mass is 751 g/mol. The number of fused-ring (bicyclic) bond motifs is 7. The molecule has 3 nitrogen and oxygen atoms in total. The highest BCUT2D eigenvalue weighted by atomic mass is 15.0. The summed E-state index contributed by atoms with van der Waals surface area (Å²) in [7, 11) is 0. The van der Waals surface area contributed by atoms with E-state index in [4.69, 9.17) is 15.0 Å². The van der Waals surface area contributed by atoms with Crippen molar-refractivity contribution in [2.24, 2.45) is 0 Å². The fourth-order valence-electron chi connectivity index (χ4n) is 8.67. The van der Waals surface area contributed by atoms with Crippen LogP contribution in [-0.2, 0) is 0 Å². The highest BCUT2D eigenvalue weighted by Crippen LogP contribution is 2.40. The van der Waals surface area contributed by atoms with Gasteiger partial charge in [-0.25, -0.2) is 15.0 Å². The van der Waals surface area contributed by atoms with Gasteiger partial charge in [-0.15, -0.1) is 0 Å². The van der Waals surface area contributed by atoms with E-state index in [1.165, 1.54) is 59.5 Å². The fourth-order valence-corrected chi connectivity index (χ4v) is 8.67. The Morgan fingerprint density at radius 3 is 1.41 bits per heavy atom. The molecule has 10 aromatic rings. The number of nitrogens with zero attached hydrogens (tertiary/aromatic N) is 3. The zero-order valence-electron chi connectivity index (χ0n) is 32.2. The number of aromatic nitrogens is 3. The Morgan fingerprint density at radius 2 is 0.746 bits per heavy atom. The van der Waals surface area contributed by atoms with Crippen LogP contribution in [0, 0.1) is 0 Å². The van der Waals surface area contributed by atoms with Crippen LogP contribution < -0.4 is 10.4 Å². The lowest BCUT2D eigenvalue weighted by Gasteiger charge is -2.20. The third kappa shape index (κ3) is 6.40. The van der Waals surface area contributed by atoms with Crippen molar-refractivity contribution >= 4 is 50.0 Å². The molecule has 59 heavy (non-hydrogen) atoms. The van der Waals surface area contributed by atoms with Gasteiger partial charge in [0, 0.05) is 22.6 Å². The number of rotatable bonds is 6. The van der Waals surface area contributed by atoms with E-state index in [2.05, 4.69) is 194 Å². The first kappa shape index (κ1) is 34.5. The van der Waals surface area contributed by atoms with Gasteiger partial charge in [0.2, 0.25) is 0 Å². The molecule has 1 unspecified atom stereocenters. The van der Waals surface area contributed by atoms with E-state index in [1.54, 1.807) is 0 Å². The van der Waals surface area contributed by atoms with Crippen LogP contribution in [0.1, 0.15) is 17.0 Å². The van der Waals surface area contributed by atoms with Gasteiger partial charge in [-0.1, -0.05) is 206 Å². The van der Waals surface area contributed by atoms with E-state index in [0.29, 0.717) is 17.5 Å². The normalized spacial score (nSPS) is 13.6. The third-order valence-electron chi connectivity index (χ3n) is 11.6. The molecule has 1 atom stereocenters. The molecule has 1 aromatic heterocycles. The molecule has 0 fully saturated rings. The van der Waals surface area contributed by atoms with Crippen LogP contribution in [0.4, 0.5) is 0 Å². The minimum absolute atomic E-state index is 0.0422. The third-order valence-corrected chi connectivity index (χ3v) is 11.6. The van der Waals surface area contributed by atoms with E-state index in [-0.39, 0.29) is 5.92 Å². The molecule has 0 radical (unpaired) electrons. The number of allylic oxidation sites excluding steroid dienone is 2. The zero-order valence-corrected chi connectivity index (χ0v) is 32.2. The highest BCUT2D eigenvalue weighted by Gasteiger charge is 2.21. The van der Waals surface area contributed by atoms with Crippen molar-refractivity contribution in [3.8, 4) is 45.3 Å². The molecular formula is C56H37N3. The molecule has 0 saturated heterocycles. The summed E-state index contributed by atoms with van der Waals surface area (Å²) in [6.45, 7) is 0. The standard InChI is InChI=1S/C56H37N3/c1-3-14-37(15-4-1)39-26-28-41(29-27-39)55-57-54(40-17-5-2-6-18-40)58-56(59-55)45-21-13-20-43(34-45)52-35-42-19-8-7-16-38(42)30-32-46(52)44-31-33-51-49-24-10-9-22-47(49)48-23-11-12-25-50(48)53(51)36-44/h1-36,52H. The molecule has 0 saturated carbocycles. The van der Waals surface area contributed by atoms with Gasteiger partial charge in [0.15, 0.2) is 17.5 Å². The molecule has 0 bridgehead atoms. The number of hydrogen-bond acceptors (Lipinski definition) is 3. The van der Waals surface area contributed by atoms with Crippen molar-refractivity contribution in [2.75, 3.05) is 0 Å². The van der Waals surface area contributed by atoms with Crippen molar-refractivity contribution in [2.45, 2.75) is 5.92 Å². The second-order valence-corrected chi connectivity index (χ2v) is 15.2. The van der Waals surface area contributed by atoms with Crippen molar-refractivity contribution in [1.29, 1.82) is 0 Å². The summed E-state index contributed by atoms with van der Waals surface area (Å²) >= 11 is 0. The van der Waals surface area contributed by atoms with E-state index < -0.39 is 0 Å². The molecule has 0 spiro atoms. The van der Waals surface area contributed by atoms with Crippen molar-refractivity contribution in [3.05, 3.63) is 228 Å². The Kier molecular flexibility index (Phi) is 8.56. The predicted molar refractivity (Wildman–Crippen MR) is 246 cm³/mol. The van der Waals surface area contributed by atoms with E-state index in [1.807, 2.05) is 24.3 Å². The molecule has 1 aliphatic rings. The minimum Gasteiger partial charge on any atom is -0.208 e. The zero-order chi connectivity index (χ0) is 39.1. The average molecular weight is 752 g/mol. The second-order valence-electron chi connectivity index (χ2n) is 15.2. The van der Waals surface area contributed by atoms with Crippen LogP contribution in [0.5, 0.6) is 0 Å². The number of benzene rings is 9. The van der Waals surface area contributed by atoms with Gasteiger partial charge >= 0.3 is 0 Å². The molecule has 3 heteroatoms. The molecule has 0 aliphatic heterocycles. The highest BCUT2D eigenvalue weighted by molar-refractivity contribution is 6.25. The summed E-state index contributed by atoms with van der Waals surface area (Å²) in [4.78, 5) is 15.3. The van der Waals surface area contributed by atoms with E-state index >= 15 is 0 Å². The van der Waals surface area contributed by atoms with Crippen molar-refractivity contribution in [1.82, 2.24) is 15.0 Å². The van der Waals surface area contributed by atoms with Crippen molar-refractivity contribution < 1.29 is 0 Å². The summed E-state index contributed by atoms with van der Waals surface area (Å²) in [6, 6.07) is 71.1. The number of hydrogen-bond donors (Lipinski definition) is 0. The van der Waals surface area contributed by atoms with E-state index in [9.17, 15) is 0 Å². The Bertz CT molecular complexity index is 3330. The summed E-state index contributed by atoms with van der Waals surface area (Å²) in [5, 5.41) is 10.0. The molecule has 0 amide bonds. The van der Waals surface area contributed by atoms with Gasteiger partial charge < -0.3 is 0 Å². The van der Waals surface area contributed by atoms with Crippen LogP contribution in [-0.4, -0.2) is 15.0 Å². The van der Waals surface area contributed by atoms with E-state index in [0.717, 1.165) is 27.8 Å². The Hall–Kier alpha value is -7.75. The molecule has 1 heterocycles. The summed E-state index contributed by atoms with van der Waals surface area (Å²) in [5.74, 6) is 1.88. The molecule has 11 rings (SSSR count). The van der Waals surface area contributed by atoms with Gasteiger partial charge in [0.05, 0.1) is 0 Å². The van der Waals surface area contributed by atoms with Gasteiger partial charge in [-0.3, -0.25) is 0 Å². The topological polar surface area (TPSA) is 38.7 Å². The maximum Gasteiger partial charge on any atom is 0.164 e. The summed E-state index contributed by atoms with van der Waals surface area (Å²) in [6.07, 6.45) is 6.99. The van der Waals surface area contributed by atoms with Crippen LogP contribution >= 0.6 is 0 Å². The Labute approximate surface area is 342 Å². The first-order valence-corrected chi connectivity index (χ1v) is 20.1. The molecule has 0 N–H and O–H groups in total. The fraction of sp³-hybridized carbons (Fsp3) is 0.0179. The first-order valence-electron chi connectivity index (χ1n) is 20.1. The van der Waals surface area contributed by atoms with Gasteiger partial charge in [0.25, 0.3) is 0 Å².